The van der Waals surface area contributed by atoms with Gasteiger partial charge in [0.2, 0.25) is 0 Å². The maximum atomic E-state index is 4.60. The SMILES string of the molecule is CCNc1cccc(CN(C)CCc2cccs2)n1. The fraction of sp³-hybridized carbons (Fsp3) is 0.400. The van der Waals surface area contributed by atoms with Crippen LogP contribution >= 0.6 is 11.3 Å². The third-order valence-electron chi connectivity index (χ3n) is 2.92. The minimum atomic E-state index is 0.893. The molecule has 0 spiro atoms. The van der Waals surface area contributed by atoms with Crippen LogP contribution in [0.3, 0.4) is 0 Å². The lowest BCUT2D eigenvalue weighted by Gasteiger charge is -2.16. The van der Waals surface area contributed by atoms with Crippen molar-refractivity contribution in [2.45, 2.75) is 19.9 Å². The Morgan fingerprint density at radius 3 is 2.89 bits per heavy atom. The van der Waals surface area contributed by atoms with Gasteiger partial charge >= 0.3 is 0 Å². The summed E-state index contributed by atoms with van der Waals surface area (Å²) in [6.45, 7) is 4.95. The van der Waals surface area contributed by atoms with Gasteiger partial charge in [-0.3, -0.25) is 0 Å². The Morgan fingerprint density at radius 2 is 2.16 bits per heavy atom. The molecule has 0 aromatic carbocycles. The standard InChI is InChI=1S/C15H21N3S/c1-3-16-15-8-4-6-13(17-15)12-18(2)10-9-14-7-5-11-19-14/h4-8,11H,3,9-10,12H2,1-2H3,(H,16,17). The Kier molecular flexibility index (Phi) is 5.36. The van der Waals surface area contributed by atoms with Crippen LogP contribution < -0.4 is 5.32 Å². The van der Waals surface area contributed by atoms with Crippen LogP contribution in [0.4, 0.5) is 5.82 Å². The molecule has 0 aliphatic heterocycles. The molecule has 0 bridgehead atoms. The van der Waals surface area contributed by atoms with Gasteiger partial charge in [-0.1, -0.05) is 12.1 Å². The third kappa shape index (κ3) is 4.65. The van der Waals surface area contributed by atoms with Crippen LogP contribution in [0.15, 0.2) is 35.7 Å². The molecule has 2 rings (SSSR count). The zero-order chi connectivity index (χ0) is 13.5. The van der Waals surface area contributed by atoms with Gasteiger partial charge in [-0.2, -0.15) is 0 Å². The number of pyridine rings is 1. The molecule has 2 heterocycles. The molecule has 0 saturated heterocycles. The van der Waals surface area contributed by atoms with Crippen molar-refractivity contribution in [3.63, 3.8) is 0 Å². The van der Waals surface area contributed by atoms with Gasteiger partial charge in [0.15, 0.2) is 0 Å². The Balaban J connectivity index is 1.84. The molecule has 0 aliphatic carbocycles. The molecule has 0 amide bonds. The average molecular weight is 275 g/mol. The number of likely N-dealkylation sites (N-methyl/N-ethyl adjacent to an activating group) is 1. The highest BCUT2D eigenvalue weighted by Gasteiger charge is 2.03. The van der Waals surface area contributed by atoms with Crippen LogP contribution in [0.5, 0.6) is 0 Å². The fourth-order valence-electron chi connectivity index (χ4n) is 1.96. The van der Waals surface area contributed by atoms with Crippen molar-refractivity contribution in [2.75, 3.05) is 25.5 Å². The van der Waals surface area contributed by atoms with Gasteiger partial charge < -0.3 is 10.2 Å². The first-order chi connectivity index (χ1) is 9.28. The van der Waals surface area contributed by atoms with E-state index >= 15 is 0 Å². The molecule has 19 heavy (non-hydrogen) atoms. The topological polar surface area (TPSA) is 28.2 Å². The number of thiophene rings is 1. The third-order valence-corrected chi connectivity index (χ3v) is 3.85. The van der Waals surface area contributed by atoms with Gasteiger partial charge in [0.25, 0.3) is 0 Å². The molecule has 2 aromatic rings. The first-order valence-electron chi connectivity index (χ1n) is 6.68. The fourth-order valence-corrected chi connectivity index (χ4v) is 2.66. The maximum absolute atomic E-state index is 4.60. The van der Waals surface area contributed by atoms with Crippen molar-refractivity contribution >= 4 is 17.2 Å². The average Bonchev–Trinajstić information content (AvgIpc) is 2.90. The van der Waals surface area contributed by atoms with Gasteiger partial charge in [-0.15, -0.1) is 11.3 Å². The smallest absolute Gasteiger partial charge is 0.126 e. The van der Waals surface area contributed by atoms with E-state index < -0.39 is 0 Å². The summed E-state index contributed by atoms with van der Waals surface area (Å²) in [6.07, 6.45) is 1.11. The molecular weight excluding hydrogens is 254 g/mol. The summed E-state index contributed by atoms with van der Waals surface area (Å²) < 4.78 is 0. The molecule has 102 valence electrons. The first kappa shape index (κ1) is 14.0. The van der Waals surface area contributed by atoms with Crippen LogP contribution in [0.2, 0.25) is 0 Å². The van der Waals surface area contributed by atoms with Gasteiger partial charge in [-0.05, 0) is 44.0 Å². The van der Waals surface area contributed by atoms with E-state index in [0.717, 1.165) is 37.6 Å². The quantitative estimate of drug-likeness (QED) is 0.840. The van der Waals surface area contributed by atoms with Crippen molar-refractivity contribution in [3.8, 4) is 0 Å². The molecule has 0 fully saturated rings. The molecule has 3 nitrogen and oxygen atoms in total. The van der Waals surface area contributed by atoms with E-state index in [2.05, 4.69) is 58.8 Å². The Labute approximate surface area is 119 Å². The lowest BCUT2D eigenvalue weighted by atomic mass is 10.3. The normalized spacial score (nSPS) is 10.9. The largest absolute Gasteiger partial charge is 0.370 e. The van der Waals surface area contributed by atoms with E-state index in [0.29, 0.717) is 0 Å². The monoisotopic (exact) mass is 275 g/mol. The summed E-state index contributed by atoms with van der Waals surface area (Å²) in [6, 6.07) is 10.5. The lowest BCUT2D eigenvalue weighted by Crippen LogP contribution is -2.21. The van der Waals surface area contributed by atoms with E-state index in [-0.39, 0.29) is 0 Å². The molecule has 0 aliphatic rings. The second-order valence-corrected chi connectivity index (χ2v) is 5.64. The highest BCUT2D eigenvalue weighted by molar-refractivity contribution is 7.09. The van der Waals surface area contributed by atoms with Gasteiger partial charge in [-0.25, -0.2) is 4.98 Å². The van der Waals surface area contributed by atoms with Crippen LogP contribution in [0, 0.1) is 0 Å². The first-order valence-corrected chi connectivity index (χ1v) is 7.56. The number of hydrogen-bond donors (Lipinski definition) is 1. The van der Waals surface area contributed by atoms with Gasteiger partial charge in [0.1, 0.15) is 5.82 Å². The summed E-state index contributed by atoms with van der Waals surface area (Å²) in [7, 11) is 2.15. The highest BCUT2D eigenvalue weighted by atomic mass is 32.1. The number of nitrogens with zero attached hydrogens (tertiary/aromatic N) is 2. The maximum Gasteiger partial charge on any atom is 0.126 e. The van der Waals surface area contributed by atoms with Crippen molar-refractivity contribution < 1.29 is 0 Å². The van der Waals surface area contributed by atoms with Crippen molar-refractivity contribution in [1.82, 2.24) is 9.88 Å². The summed E-state index contributed by atoms with van der Waals surface area (Å²) in [5.74, 6) is 0.964. The lowest BCUT2D eigenvalue weighted by molar-refractivity contribution is 0.328. The van der Waals surface area contributed by atoms with Crippen molar-refractivity contribution in [1.29, 1.82) is 0 Å². The Morgan fingerprint density at radius 1 is 1.26 bits per heavy atom. The number of hydrogen-bond acceptors (Lipinski definition) is 4. The predicted molar refractivity (Wildman–Crippen MR) is 82.8 cm³/mol. The van der Waals surface area contributed by atoms with E-state index in [9.17, 15) is 0 Å². The van der Waals surface area contributed by atoms with Crippen LogP contribution in [0.25, 0.3) is 0 Å². The second kappa shape index (κ2) is 7.26. The zero-order valence-corrected chi connectivity index (χ0v) is 12.4. The predicted octanol–water partition coefficient (Wildman–Crippen LogP) is 3.25. The second-order valence-electron chi connectivity index (χ2n) is 4.61. The van der Waals surface area contributed by atoms with Crippen LogP contribution in [-0.2, 0) is 13.0 Å². The highest BCUT2D eigenvalue weighted by Crippen LogP contribution is 2.11. The van der Waals surface area contributed by atoms with E-state index in [1.807, 2.05) is 17.4 Å². The van der Waals surface area contributed by atoms with E-state index in [1.165, 1.54) is 4.88 Å². The minimum absolute atomic E-state index is 0.893. The molecular formula is C15H21N3S. The van der Waals surface area contributed by atoms with Gasteiger partial charge in [0.05, 0.1) is 5.69 Å². The number of aromatic nitrogens is 1. The number of rotatable bonds is 7. The van der Waals surface area contributed by atoms with Crippen LogP contribution in [0.1, 0.15) is 17.5 Å². The van der Waals surface area contributed by atoms with E-state index in [1.54, 1.807) is 0 Å². The molecule has 4 heteroatoms. The van der Waals surface area contributed by atoms with Gasteiger partial charge in [0, 0.05) is 24.5 Å². The Hall–Kier alpha value is -1.39. The molecule has 0 atom stereocenters. The summed E-state index contributed by atoms with van der Waals surface area (Å²) in [5.41, 5.74) is 1.12. The zero-order valence-electron chi connectivity index (χ0n) is 11.6. The molecule has 0 saturated carbocycles. The molecule has 0 unspecified atom stereocenters. The minimum Gasteiger partial charge on any atom is -0.370 e. The van der Waals surface area contributed by atoms with Crippen LogP contribution in [-0.4, -0.2) is 30.0 Å². The summed E-state index contributed by atoms with van der Waals surface area (Å²) in [4.78, 5) is 8.36. The van der Waals surface area contributed by atoms with Crippen molar-refractivity contribution in [2.24, 2.45) is 0 Å². The molecule has 2 aromatic heterocycles. The molecule has 0 radical (unpaired) electrons. The van der Waals surface area contributed by atoms with E-state index in [4.69, 9.17) is 0 Å². The van der Waals surface area contributed by atoms with Crippen molar-refractivity contribution in [3.05, 3.63) is 46.3 Å². The summed E-state index contributed by atoms with van der Waals surface area (Å²) >= 11 is 1.83. The number of nitrogens with one attached hydrogen (secondary N) is 1. The number of anilines is 1. The molecule has 1 N–H and O–H groups in total. The summed E-state index contributed by atoms with van der Waals surface area (Å²) in [5, 5.41) is 5.38. The Bertz CT molecular complexity index is 482.